The number of esters is 2. The molecule has 0 heterocycles. The van der Waals surface area contributed by atoms with Gasteiger partial charge in [0.15, 0.2) is 6.10 Å². The molecule has 8 nitrogen and oxygen atoms in total. The zero-order valence-electron chi connectivity index (χ0n) is 42.4. The van der Waals surface area contributed by atoms with Crippen LogP contribution < -0.4 is 5.11 Å². The first-order valence-electron chi connectivity index (χ1n) is 26.7. The van der Waals surface area contributed by atoms with Gasteiger partial charge in [-0.3, -0.25) is 9.59 Å². The van der Waals surface area contributed by atoms with Gasteiger partial charge < -0.3 is 28.6 Å². The van der Waals surface area contributed by atoms with Crippen LogP contribution in [0.15, 0.2) is 48.6 Å². The smallest absolute Gasteiger partial charge is 0.306 e. The van der Waals surface area contributed by atoms with Crippen LogP contribution in [-0.2, 0) is 28.6 Å². The third-order valence-electron chi connectivity index (χ3n) is 12.0. The maximum atomic E-state index is 12.8. The Morgan fingerprint density at radius 3 is 1.30 bits per heavy atom. The van der Waals surface area contributed by atoms with Gasteiger partial charge in [0, 0.05) is 19.3 Å². The summed E-state index contributed by atoms with van der Waals surface area (Å²) >= 11 is 0. The summed E-state index contributed by atoms with van der Waals surface area (Å²) in [6, 6.07) is -0.726. The zero-order valence-corrected chi connectivity index (χ0v) is 42.4. The predicted octanol–water partition coefficient (Wildman–Crippen LogP) is 14.2. The lowest BCUT2D eigenvalue weighted by Gasteiger charge is -2.34. The number of carboxylic acids is 1. The Morgan fingerprint density at radius 1 is 0.484 bits per heavy atom. The second kappa shape index (κ2) is 46.8. The molecule has 64 heavy (non-hydrogen) atoms. The van der Waals surface area contributed by atoms with E-state index < -0.39 is 18.1 Å². The molecule has 2 unspecified atom stereocenters. The summed E-state index contributed by atoms with van der Waals surface area (Å²) in [5.41, 5.74) is 0. The summed E-state index contributed by atoms with van der Waals surface area (Å²) in [5, 5.41) is 11.7. The fourth-order valence-corrected chi connectivity index (χ4v) is 7.89. The van der Waals surface area contributed by atoms with Crippen LogP contribution in [0.1, 0.15) is 239 Å². The van der Waals surface area contributed by atoms with Crippen molar-refractivity contribution in [3.8, 4) is 0 Å². The summed E-state index contributed by atoms with van der Waals surface area (Å²) in [6.45, 7) is 4.58. The number of carboxylic acid groups (broad SMARTS) is 1. The fraction of sp³-hybridized carbons (Fsp3) is 0.804. The summed E-state index contributed by atoms with van der Waals surface area (Å²) in [4.78, 5) is 37.1. The van der Waals surface area contributed by atoms with Crippen molar-refractivity contribution in [2.24, 2.45) is 0 Å². The SMILES string of the molecule is CC/C=C/C/C=C/C/C=C/C/C=C/CCCCCCCCCCCC(=O)OCC(COCCC(C(=O)[O-])[N+](C)(C)C)OC(=O)CCCCCCCCCCCCCCCCCCCC. The van der Waals surface area contributed by atoms with Crippen LogP contribution in [0.3, 0.4) is 0 Å². The zero-order chi connectivity index (χ0) is 47.0. The molecule has 8 heteroatoms. The maximum Gasteiger partial charge on any atom is 0.306 e. The standard InChI is InChI=1S/C56H101NO7/c1-6-8-10-12-14-16-18-20-22-24-26-27-28-29-31-32-34-36-38-40-42-44-46-54(58)63-51-52(50-62-49-48-53(56(60)61)57(3,4)5)64-55(59)47-45-43-41-39-37-35-33-30-25-23-21-19-17-15-13-11-9-7-2/h8,10,14,16,20,22,26-27,52-53H,6-7,9,11-13,15,17-19,21,23-25,28-51H2,1-5H3/b10-8+,16-14+,22-20+,27-26+. The first-order chi connectivity index (χ1) is 31.1. The highest BCUT2D eigenvalue weighted by molar-refractivity contribution is 5.70. The van der Waals surface area contributed by atoms with Gasteiger partial charge in [-0.25, -0.2) is 0 Å². The number of aliphatic carboxylic acids is 1. The Morgan fingerprint density at radius 2 is 0.875 bits per heavy atom. The second-order valence-corrected chi connectivity index (χ2v) is 19.1. The number of carbonyl (C=O) groups is 3. The van der Waals surface area contributed by atoms with E-state index in [4.69, 9.17) is 14.2 Å². The number of unbranched alkanes of at least 4 members (excludes halogenated alkanes) is 26. The Labute approximate surface area is 395 Å². The third-order valence-corrected chi connectivity index (χ3v) is 12.0. The number of hydrogen-bond acceptors (Lipinski definition) is 7. The average molecular weight is 900 g/mol. The molecule has 0 spiro atoms. The number of carbonyl (C=O) groups excluding carboxylic acids is 3. The van der Waals surface area contributed by atoms with Crippen LogP contribution in [-0.4, -0.2) is 75.5 Å². The molecule has 0 saturated heterocycles. The summed E-state index contributed by atoms with van der Waals surface area (Å²) < 4.78 is 17.3. The minimum Gasteiger partial charge on any atom is -0.544 e. The highest BCUT2D eigenvalue weighted by Crippen LogP contribution is 2.16. The molecule has 2 atom stereocenters. The lowest BCUT2D eigenvalue weighted by atomic mass is 10.0. The third kappa shape index (κ3) is 44.5. The van der Waals surface area contributed by atoms with Crippen molar-refractivity contribution >= 4 is 17.9 Å². The maximum absolute atomic E-state index is 12.8. The first kappa shape index (κ1) is 61.3. The van der Waals surface area contributed by atoms with Crippen LogP contribution in [0.4, 0.5) is 0 Å². The lowest BCUT2D eigenvalue weighted by molar-refractivity contribution is -0.889. The molecule has 372 valence electrons. The van der Waals surface area contributed by atoms with Gasteiger partial charge in [0.05, 0.1) is 40.3 Å². The van der Waals surface area contributed by atoms with Crippen LogP contribution in [0.2, 0.25) is 0 Å². The van der Waals surface area contributed by atoms with Crippen LogP contribution in [0, 0.1) is 0 Å². The molecular weight excluding hydrogens is 799 g/mol. The molecular formula is C56H101NO7. The van der Waals surface area contributed by atoms with Crippen molar-refractivity contribution in [2.75, 3.05) is 41.0 Å². The van der Waals surface area contributed by atoms with Gasteiger partial charge in [-0.15, -0.1) is 0 Å². The van der Waals surface area contributed by atoms with E-state index in [1.165, 1.54) is 135 Å². The number of ether oxygens (including phenoxy) is 3. The molecule has 0 saturated carbocycles. The molecule has 0 rings (SSSR count). The normalized spacial score (nSPS) is 13.2. The summed E-state index contributed by atoms with van der Waals surface area (Å²) in [6.07, 6.45) is 57.1. The minimum atomic E-state index is -1.12. The summed E-state index contributed by atoms with van der Waals surface area (Å²) in [5.74, 6) is -1.73. The molecule has 0 aromatic heterocycles. The second-order valence-electron chi connectivity index (χ2n) is 19.1. The predicted molar refractivity (Wildman–Crippen MR) is 268 cm³/mol. The topological polar surface area (TPSA) is 102 Å². The van der Waals surface area contributed by atoms with Gasteiger partial charge in [-0.2, -0.15) is 0 Å². The Kier molecular flexibility index (Phi) is 44.8. The molecule has 0 aliphatic carbocycles. The van der Waals surface area contributed by atoms with Crippen molar-refractivity contribution < 1.29 is 38.2 Å². The molecule has 0 N–H and O–H groups in total. The van der Waals surface area contributed by atoms with Gasteiger partial charge in [0.1, 0.15) is 12.6 Å². The van der Waals surface area contributed by atoms with Crippen molar-refractivity contribution in [3.05, 3.63) is 48.6 Å². The minimum absolute atomic E-state index is 0.0412. The molecule has 0 bridgehead atoms. The van der Waals surface area contributed by atoms with E-state index >= 15 is 0 Å². The van der Waals surface area contributed by atoms with E-state index in [1.54, 1.807) is 0 Å². The van der Waals surface area contributed by atoms with E-state index in [0.717, 1.165) is 70.6 Å². The fourth-order valence-electron chi connectivity index (χ4n) is 7.89. The molecule has 0 aromatic rings. The van der Waals surface area contributed by atoms with Gasteiger partial charge in [-0.1, -0.05) is 217 Å². The number of hydrogen-bond donors (Lipinski definition) is 0. The first-order valence-corrected chi connectivity index (χ1v) is 26.7. The highest BCUT2D eigenvalue weighted by Gasteiger charge is 2.25. The largest absolute Gasteiger partial charge is 0.544 e. The van der Waals surface area contributed by atoms with Crippen molar-refractivity contribution in [1.29, 1.82) is 0 Å². The van der Waals surface area contributed by atoms with E-state index in [9.17, 15) is 19.5 Å². The Balaban J connectivity index is 4.21. The Hall–Kier alpha value is -2.71. The quantitative estimate of drug-likeness (QED) is 0.0259. The van der Waals surface area contributed by atoms with Crippen LogP contribution in [0.5, 0.6) is 0 Å². The number of likely N-dealkylation sites (N-methyl/N-ethyl adjacent to an activating group) is 1. The van der Waals surface area contributed by atoms with E-state index in [0.29, 0.717) is 12.8 Å². The molecule has 0 fully saturated rings. The van der Waals surface area contributed by atoms with Gasteiger partial charge in [0.25, 0.3) is 0 Å². The molecule has 0 radical (unpaired) electrons. The Bertz CT molecular complexity index is 1190. The van der Waals surface area contributed by atoms with Crippen molar-refractivity contribution in [1.82, 2.24) is 0 Å². The lowest BCUT2D eigenvalue weighted by Crippen LogP contribution is -2.55. The van der Waals surface area contributed by atoms with E-state index in [-0.39, 0.29) is 42.7 Å². The monoisotopic (exact) mass is 900 g/mol. The van der Waals surface area contributed by atoms with Crippen molar-refractivity contribution in [3.63, 3.8) is 0 Å². The molecule has 0 aliphatic rings. The summed E-state index contributed by atoms with van der Waals surface area (Å²) in [7, 11) is 5.42. The van der Waals surface area contributed by atoms with E-state index in [1.807, 2.05) is 21.1 Å². The van der Waals surface area contributed by atoms with Gasteiger partial charge in [0.2, 0.25) is 0 Å². The number of allylic oxidation sites excluding steroid dienone is 8. The highest BCUT2D eigenvalue weighted by atomic mass is 16.6. The number of quaternary nitrogens is 1. The van der Waals surface area contributed by atoms with Crippen molar-refractivity contribution in [2.45, 2.75) is 251 Å². The molecule has 0 amide bonds. The van der Waals surface area contributed by atoms with Crippen LogP contribution >= 0.6 is 0 Å². The average Bonchev–Trinajstić information content (AvgIpc) is 3.26. The molecule has 0 aromatic carbocycles. The van der Waals surface area contributed by atoms with Gasteiger partial charge in [-0.05, 0) is 51.4 Å². The van der Waals surface area contributed by atoms with Crippen LogP contribution in [0.25, 0.3) is 0 Å². The van der Waals surface area contributed by atoms with Gasteiger partial charge >= 0.3 is 11.9 Å². The number of rotatable bonds is 48. The van der Waals surface area contributed by atoms with E-state index in [2.05, 4.69) is 62.5 Å². The molecule has 0 aliphatic heterocycles. The number of nitrogens with zero attached hydrogens (tertiary/aromatic N) is 1.